The van der Waals surface area contributed by atoms with Crippen LogP contribution >= 0.6 is 11.6 Å². The van der Waals surface area contributed by atoms with Gasteiger partial charge in [-0.15, -0.1) is 0 Å². The third kappa shape index (κ3) is 3.42. The highest BCUT2D eigenvalue weighted by atomic mass is 35.5. The summed E-state index contributed by atoms with van der Waals surface area (Å²) >= 11 is 6.14. The number of nitrogens with one attached hydrogen (secondary N) is 2. The lowest BCUT2D eigenvalue weighted by atomic mass is 10.0. The molecule has 0 saturated heterocycles. The van der Waals surface area contributed by atoms with Gasteiger partial charge in [-0.25, -0.2) is 0 Å². The number of pyridine rings is 1. The molecule has 1 saturated carbocycles. The van der Waals surface area contributed by atoms with E-state index < -0.39 is 0 Å². The van der Waals surface area contributed by atoms with E-state index in [1.165, 1.54) is 0 Å². The maximum atomic E-state index is 12.9. The lowest BCUT2D eigenvalue weighted by Gasteiger charge is -2.19. The van der Waals surface area contributed by atoms with Crippen LogP contribution in [0, 0.1) is 0 Å². The molecular formula is C19H17ClN4O. The maximum Gasteiger partial charge on any atom is 0.255 e. The molecule has 1 aliphatic rings. The van der Waals surface area contributed by atoms with Crippen LogP contribution in [0.4, 0.5) is 0 Å². The highest BCUT2D eigenvalue weighted by Gasteiger charge is 2.31. The second-order valence-electron chi connectivity index (χ2n) is 6.19. The number of aromatic amines is 1. The predicted molar refractivity (Wildman–Crippen MR) is 95.6 cm³/mol. The second kappa shape index (κ2) is 6.69. The predicted octanol–water partition coefficient (Wildman–Crippen LogP) is 3.85. The highest BCUT2D eigenvalue weighted by Crippen LogP contribution is 2.40. The van der Waals surface area contributed by atoms with Gasteiger partial charge in [0, 0.05) is 17.1 Å². The minimum absolute atomic E-state index is 0.161. The van der Waals surface area contributed by atoms with Crippen LogP contribution in [0.25, 0.3) is 0 Å². The zero-order valence-electron chi connectivity index (χ0n) is 13.4. The topological polar surface area (TPSA) is 70.7 Å². The standard InChI is InChI=1S/C19H17ClN4O/c20-14-5-3-4-13(10-14)18(16-6-1-2-9-21-16)23-19(25)15-11-22-24-17(15)12-7-8-12/h1-6,9-12,18H,7-8H2,(H,22,24)(H,23,25)/t18-/m0/s1. The van der Waals surface area contributed by atoms with E-state index in [9.17, 15) is 4.79 Å². The smallest absolute Gasteiger partial charge is 0.255 e. The average molecular weight is 353 g/mol. The van der Waals surface area contributed by atoms with Gasteiger partial charge < -0.3 is 5.32 Å². The molecule has 6 heteroatoms. The monoisotopic (exact) mass is 352 g/mol. The molecular weight excluding hydrogens is 336 g/mol. The molecule has 0 aliphatic heterocycles. The number of carbonyl (C=O) groups is 1. The number of hydrogen-bond donors (Lipinski definition) is 2. The molecule has 1 fully saturated rings. The molecule has 0 bridgehead atoms. The number of amides is 1. The van der Waals surface area contributed by atoms with Crippen LogP contribution in [0.3, 0.4) is 0 Å². The highest BCUT2D eigenvalue weighted by molar-refractivity contribution is 6.30. The molecule has 0 spiro atoms. The van der Waals surface area contributed by atoms with Gasteiger partial charge in [-0.05, 0) is 42.7 Å². The summed E-state index contributed by atoms with van der Waals surface area (Å²) in [6, 6.07) is 12.7. The zero-order valence-corrected chi connectivity index (χ0v) is 14.2. The Morgan fingerprint density at radius 2 is 2.12 bits per heavy atom. The first-order chi connectivity index (χ1) is 12.2. The van der Waals surface area contributed by atoms with Crippen LogP contribution in [-0.2, 0) is 0 Å². The first-order valence-electron chi connectivity index (χ1n) is 8.23. The van der Waals surface area contributed by atoms with E-state index in [0.717, 1.165) is 29.8 Å². The molecule has 1 amide bonds. The second-order valence-corrected chi connectivity index (χ2v) is 6.62. The third-order valence-electron chi connectivity index (χ3n) is 4.34. The van der Waals surface area contributed by atoms with E-state index in [2.05, 4.69) is 20.5 Å². The molecule has 1 aromatic carbocycles. The maximum absolute atomic E-state index is 12.9. The van der Waals surface area contributed by atoms with Gasteiger partial charge in [0.25, 0.3) is 5.91 Å². The van der Waals surface area contributed by atoms with Crippen LogP contribution < -0.4 is 5.32 Å². The van der Waals surface area contributed by atoms with Crippen molar-refractivity contribution in [1.82, 2.24) is 20.5 Å². The van der Waals surface area contributed by atoms with E-state index in [-0.39, 0.29) is 11.9 Å². The lowest BCUT2D eigenvalue weighted by molar-refractivity contribution is 0.0941. The van der Waals surface area contributed by atoms with E-state index in [1.54, 1.807) is 12.4 Å². The Kier molecular flexibility index (Phi) is 4.24. The fourth-order valence-electron chi connectivity index (χ4n) is 2.93. The Hall–Kier alpha value is -2.66. The number of nitrogens with zero attached hydrogens (tertiary/aromatic N) is 2. The molecule has 0 unspecified atom stereocenters. The first-order valence-corrected chi connectivity index (χ1v) is 8.60. The van der Waals surface area contributed by atoms with Crippen LogP contribution in [0.2, 0.25) is 5.02 Å². The Bertz CT molecular complexity index is 889. The normalized spacial score (nSPS) is 14.9. The van der Waals surface area contributed by atoms with Crippen LogP contribution in [0.1, 0.15) is 52.1 Å². The molecule has 3 aromatic rings. The quantitative estimate of drug-likeness (QED) is 0.732. The fraction of sp³-hybridized carbons (Fsp3) is 0.211. The molecule has 2 aromatic heterocycles. The third-order valence-corrected chi connectivity index (χ3v) is 4.58. The van der Waals surface area contributed by atoms with Gasteiger partial charge in [0.2, 0.25) is 0 Å². The van der Waals surface area contributed by atoms with Gasteiger partial charge in [0.05, 0.1) is 29.2 Å². The molecule has 4 rings (SSSR count). The van der Waals surface area contributed by atoms with Gasteiger partial charge in [0.15, 0.2) is 0 Å². The van der Waals surface area contributed by atoms with Gasteiger partial charge in [-0.2, -0.15) is 5.10 Å². The Balaban J connectivity index is 1.66. The van der Waals surface area contributed by atoms with Crippen molar-refractivity contribution in [3.05, 3.63) is 82.4 Å². The summed E-state index contributed by atoms with van der Waals surface area (Å²) in [6.45, 7) is 0. The summed E-state index contributed by atoms with van der Waals surface area (Å²) < 4.78 is 0. The summed E-state index contributed by atoms with van der Waals surface area (Å²) in [4.78, 5) is 17.3. The van der Waals surface area contributed by atoms with Crippen molar-refractivity contribution in [2.75, 3.05) is 0 Å². The average Bonchev–Trinajstić information content (AvgIpc) is 3.36. The van der Waals surface area contributed by atoms with Gasteiger partial charge in [0.1, 0.15) is 0 Å². The van der Waals surface area contributed by atoms with Crippen LogP contribution in [0.15, 0.2) is 54.9 Å². The number of hydrogen-bond acceptors (Lipinski definition) is 3. The largest absolute Gasteiger partial charge is 0.339 e. The van der Waals surface area contributed by atoms with Crippen molar-refractivity contribution < 1.29 is 4.79 Å². The van der Waals surface area contributed by atoms with Gasteiger partial charge in [-0.1, -0.05) is 29.8 Å². The summed E-state index contributed by atoms with van der Waals surface area (Å²) in [6.07, 6.45) is 5.50. The molecule has 2 N–H and O–H groups in total. The number of aromatic nitrogens is 3. The summed E-state index contributed by atoms with van der Waals surface area (Å²) in [5.74, 6) is 0.258. The molecule has 5 nitrogen and oxygen atoms in total. The van der Waals surface area contributed by atoms with Crippen molar-refractivity contribution in [3.8, 4) is 0 Å². The number of H-pyrrole nitrogens is 1. The van der Waals surface area contributed by atoms with Crippen molar-refractivity contribution in [2.24, 2.45) is 0 Å². The lowest BCUT2D eigenvalue weighted by Crippen LogP contribution is -2.30. The van der Waals surface area contributed by atoms with Gasteiger partial charge >= 0.3 is 0 Å². The fourth-order valence-corrected chi connectivity index (χ4v) is 3.13. The molecule has 25 heavy (non-hydrogen) atoms. The minimum Gasteiger partial charge on any atom is -0.339 e. The van der Waals surface area contributed by atoms with Crippen molar-refractivity contribution in [1.29, 1.82) is 0 Å². The Labute approximate surface area is 150 Å². The SMILES string of the molecule is O=C(N[C@@H](c1cccc(Cl)c1)c1ccccn1)c1cn[nH]c1C1CC1. The summed E-state index contributed by atoms with van der Waals surface area (Å²) in [7, 11) is 0. The number of rotatable bonds is 5. The molecule has 0 radical (unpaired) electrons. The van der Waals surface area contributed by atoms with Crippen molar-refractivity contribution >= 4 is 17.5 Å². The number of halogens is 1. The number of benzene rings is 1. The summed E-state index contributed by atoms with van der Waals surface area (Å²) in [5, 5.41) is 10.7. The van der Waals surface area contributed by atoms with Gasteiger partial charge in [-0.3, -0.25) is 14.9 Å². The number of carbonyl (C=O) groups excluding carboxylic acids is 1. The van der Waals surface area contributed by atoms with E-state index in [1.807, 2.05) is 42.5 Å². The van der Waals surface area contributed by atoms with Crippen LogP contribution in [0.5, 0.6) is 0 Å². The zero-order chi connectivity index (χ0) is 17.2. The molecule has 1 aliphatic carbocycles. The van der Waals surface area contributed by atoms with E-state index >= 15 is 0 Å². The summed E-state index contributed by atoms with van der Waals surface area (Å²) in [5.41, 5.74) is 3.17. The first kappa shape index (κ1) is 15.8. The minimum atomic E-state index is -0.380. The molecule has 126 valence electrons. The van der Waals surface area contributed by atoms with E-state index in [4.69, 9.17) is 11.6 Å². The van der Waals surface area contributed by atoms with Crippen molar-refractivity contribution in [2.45, 2.75) is 24.8 Å². The molecule has 2 heterocycles. The van der Waals surface area contributed by atoms with Crippen LogP contribution in [-0.4, -0.2) is 21.1 Å². The Morgan fingerprint density at radius 1 is 1.24 bits per heavy atom. The van der Waals surface area contributed by atoms with E-state index in [0.29, 0.717) is 16.5 Å². The molecule has 1 atom stereocenters. The Morgan fingerprint density at radius 3 is 2.84 bits per heavy atom. The van der Waals surface area contributed by atoms with Crippen molar-refractivity contribution in [3.63, 3.8) is 0 Å².